The minimum Gasteiger partial charge on any atom is -0.334 e. The Bertz CT molecular complexity index is 618. The molecule has 0 aliphatic carbocycles. The Hall–Kier alpha value is -2.01. The van der Waals surface area contributed by atoms with Crippen LogP contribution in [0.3, 0.4) is 0 Å². The number of carbonyl (C=O) groups is 1. The Morgan fingerprint density at radius 3 is 2.55 bits per heavy atom. The van der Waals surface area contributed by atoms with Crippen molar-refractivity contribution in [3.8, 4) is 0 Å². The molecule has 0 bridgehead atoms. The van der Waals surface area contributed by atoms with Crippen molar-refractivity contribution in [3.05, 3.63) is 58.9 Å². The van der Waals surface area contributed by atoms with Gasteiger partial charge in [-0.3, -0.25) is 9.78 Å². The first kappa shape index (κ1) is 14.4. The van der Waals surface area contributed by atoms with Gasteiger partial charge in [0.1, 0.15) is 16.7 Å². The monoisotopic (exact) mass is 293 g/mol. The number of rotatable bonds is 3. The highest BCUT2D eigenvalue weighted by Gasteiger charge is 2.20. The molecule has 0 radical (unpaired) electrons. The van der Waals surface area contributed by atoms with Gasteiger partial charge in [0.15, 0.2) is 0 Å². The molecule has 0 saturated carbocycles. The minimum atomic E-state index is -0.310. The number of carbonyl (C=O) groups excluding carboxylic acids is 1. The van der Waals surface area contributed by atoms with Crippen LogP contribution in [-0.2, 0) is 0 Å². The van der Waals surface area contributed by atoms with E-state index in [1.807, 2.05) is 6.92 Å². The number of hydrogen-bond donors (Lipinski definition) is 0. The quantitative estimate of drug-likeness (QED) is 0.873. The van der Waals surface area contributed by atoms with E-state index in [0.717, 1.165) is 5.56 Å². The van der Waals surface area contributed by atoms with Gasteiger partial charge in [0, 0.05) is 7.05 Å². The lowest BCUT2D eigenvalue weighted by molar-refractivity contribution is 0.0736. The average molecular weight is 294 g/mol. The Morgan fingerprint density at radius 2 is 1.95 bits per heavy atom. The first-order valence-electron chi connectivity index (χ1n) is 5.99. The van der Waals surface area contributed by atoms with E-state index in [4.69, 9.17) is 11.6 Å². The lowest BCUT2D eigenvalue weighted by Gasteiger charge is -2.25. The first-order chi connectivity index (χ1) is 9.49. The second-order valence-corrected chi connectivity index (χ2v) is 4.76. The molecule has 0 saturated heterocycles. The van der Waals surface area contributed by atoms with Crippen molar-refractivity contribution in [2.75, 3.05) is 7.05 Å². The van der Waals surface area contributed by atoms with E-state index in [2.05, 4.69) is 9.97 Å². The van der Waals surface area contributed by atoms with Crippen LogP contribution in [-0.4, -0.2) is 27.8 Å². The summed E-state index contributed by atoms with van der Waals surface area (Å²) in [5, 5.41) is 0.165. The molecule has 0 spiro atoms. The van der Waals surface area contributed by atoms with Gasteiger partial charge in [0.2, 0.25) is 0 Å². The zero-order valence-electron chi connectivity index (χ0n) is 11.0. The second kappa shape index (κ2) is 5.96. The lowest BCUT2D eigenvalue weighted by Crippen LogP contribution is -2.30. The molecule has 104 valence electrons. The Balaban J connectivity index is 2.20. The first-order valence-corrected chi connectivity index (χ1v) is 6.37. The van der Waals surface area contributed by atoms with Gasteiger partial charge >= 0.3 is 0 Å². The van der Waals surface area contributed by atoms with Crippen molar-refractivity contribution in [3.63, 3.8) is 0 Å². The van der Waals surface area contributed by atoms with Crippen molar-refractivity contribution in [2.24, 2.45) is 0 Å². The summed E-state index contributed by atoms with van der Waals surface area (Å²) in [6, 6.07) is 5.80. The molecule has 1 atom stereocenters. The smallest absolute Gasteiger partial charge is 0.274 e. The summed E-state index contributed by atoms with van der Waals surface area (Å²) in [4.78, 5) is 21.6. The summed E-state index contributed by atoms with van der Waals surface area (Å²) >= 11 is 5.72. The van der Waals surface area contributed by atoms with Crippen molar-refractivity contribution in [1.29, 1.82) is 0 Å². The van der Waals surface area contributed by atoms with E-state index in [0.29, 0.717) is 0 Å². The Kier molecular flexibility index (Phi) is 4.29. The van der Waals surface area contributed by atoms with Crippen LogP contribution in [0.2, 0.25) is 5.15 Å². The third-order valence-corrected chi connectivity index (χ3v) is 3.26. The van der Waals surface area contributed by atoms with E-state index in [1.165, 1.54) is 29.4 Å². The summed E-state index contributed by atoms with van der Waals surface area (Å²) in [5.74, 6) is -0.604. The van der Waals surface area contributed by atoms with Gasteiger partial charge in [-0.15, -0.1) is 0 Å². The fourth-order valence-electron chi connectivity index (χ4n) is 1.77. The summed E-state index contributed by atoms with van der Waals surface area (Å²) in [6.07, 6.45) is 2.73. The van der Waals surface area contributed by atoms with Crippen LogP contribution in [0.25, 0.3) is 0 Å². The third-order valence-electron chi connectivity index (χ3n) is 3.08. The van der Waals surface area contributed by atoms with Crippen LogP contribution in [0.15, 0.2) is 36.7 Å². The van der Waals surface area contributed by atoms with Crippen LogP contribution in [0.4, 0.5) is 4.39 Å². The van der Waals surface area contributed by atoms with Gasteiger partial charge in [-0.2, -0.15) is 0 Å². The molecule has 1 amide bonds. The molecule has 1 unspecified atom stereocenters. The van der Waals surface area contributed by atoms with E-state index in [1.54, 1.807) is 19.2 Å². The van der Waals surface area contributed by atoms with Gasteiger partial charge in [-0.05, 0) is 24.6 Å². The minimum absolute atomic E-state index is 0.165. The number of aromatic nitrogens is 2. The predicted molar refractivity (Wildman–Crippen MR) is 74.0 cm³/mol. The third kappa shape index (κ3) is 3.11. The molecule has 0 fully saturated rings. The molecule has 0 aliphatic heterocycles. The fraction of sp³-hybridized carbons (Fsp3) is 0.214. The number of amides is 1. The van der Waals surface area contributed by atoms with Crippen LogP contribution in [0.5, 0.6) is 0 Å². The zero-order valence-corrected chi connectivity index (χ0v) is 11.8. The molecule has 1 aromatic heterocycles. The van der Waals surface area contributed by atoms with E-state index >= 15 is 0 Å². The fourth-order valence-corrected chi connectivity index (χ4v) is 1.91. The topological polar surface area (TPSA) is 46.1 Å². The van der Waals surface area contributed by atoms with Gasteiger partial charge < -0.3 is 4.90 Å². The highest BCUT2D eigenvalue weighted by atomic mass is 35.5. The number of nitrogens with zero attached hydrogens (tertiary/aromatic N) is 3. The molecule has 20 heavy (non-hydrogen) atoms. The highest BCUT2D eigenvalue weighted by molar-refractivity contribution is 6.29. The SMILES string of the molecule is CC(c1ccc(F)cc1)N(C)C(=O)c1cncc(Cl)n1. The van der Waals surface area contributed by atoms with E-state index in [-0.39, 0.29) is 28.6 Å². The summed E-state index contributed by atoms with van der Waals surface area (Å²) < 4.78 is 12.9. The van der Waals surface area contributed by atoms with Gasteiger partial charge in [0.25, 0.3) is 5.91 Å². The van der Waals surface area contributed by atoms with E-state index in [9.17, 15) is 9.18 Å². The van der Waals surface area contributed by atoms with Crippen molar-refractivity contribution >= 4 is 17.5 Å². The Labute approximate surface area is 121 Å². The average Bonchev–Trinajstić information content (AvgIpc) is 2.46. The molecular formula is C14H13ClFN3O. The number of hydrogen-bond acceptors (Lipinski definition) is 3. The molecule has 4 nitrogen and oxygen atoms in total. The van der Waals surface area contributed by atoms with Crippen molar-refractivity contribution in [1.82, 2.24) is 14.9 Å². The largest absolute Gasteiger partial charge is 0.334 e. The van der Waals surface area contributed by atoms with Crippen LogP contribution in [0, 0.1) is 5.82 Å². The second-order valence-electron chi connectivity index (χ2n) is 4.37. The number of benzene rings is 1. The lowest BCUT2D eigenvalue weighted by atomic mass is 10.1. The molecule has 2 aromatic rings. The Morgan fingerprint density at radius 1 is 1.30 bits per heavy atom. The maximum absolute atomic E-state index is 12.9. The molecular weight excluding hydrogens is 281 g/mol. The summed E-state index contributed by atoms with van der Waals surface area (Å²) in [7, 11) is 1.65. The molecule has 1 aromatic carbocycles. The summed E-state index contributed by atoms with van der Waals surface area (Å²) in [5.41, 5.74) is 1.01. The molecule has 0 aliphatic rings. The standard InChI is InChI=1S/C14H13ClFN3O/c1-9(10-3-5-11(16)6-4-10)19(2)14(20)12-7-17-8-13(15)18-12/h3-9H,1-2H3. The van der Waals surface area contributed by atoms with Gasteiger partial charge in [-0.1, -0.05) is 23.7 Å². The number of halogens is 2. The van der Waals surface area contributed by atoms with Crippen LogP contribution >= 0.6 is 11.6 Å². The zero-order chi connectivity index (χ0) is 14.7. The van der Waals surface area contributed by atoms with Crippen molar-refractivity contribution < 1.29 is 9.18 Å². The molecule has 2 rings (SSSR count). The maximum atomic E-state index is 12.9. The van der Waals surface area contributed by atoms with Gasteiger partial charge in [0.05, 0.1) is 18.4 Å². The predicted octanol–water partition coefficient (Wildman–Crippen LogP) is 3.10. The normalized spacial score (nSPS) is 12.0. The van der Waals surface area contributed by atoms with Crippen LogP contribution in [0.1, 0.15) is 29.0 Å². The van der Waals surface area contributed by atoms with Gasteiger partial charge in [-0.25, -0.2) is 9.37 Å². The molecule has 6 heteroatoms. The molecule has 0 N–H and O–H groups in total. The highest BCUT2D eigenvalue weighted by Crippen LogP contribution is 2.20. The molecule has 1 heterocycles. The van der Waals surface area contributed by atoms with E-state index < -0.39 is 0 Å². The summed E-state index contributed by atoms with van der Waals surface area (Å²) in [6.45, 7) is 1.85. The van der Waals surface area contributed by atoms with Crippen molar-refractivity contribution in [2.45, 2.75) is 13.0 Å². The van der Waals surface area contributed by atoms with Crippen LogP contribution < -0.4 is 0 Å². The maximum Gasteiger partial charge on any atom is 0.274 e.